The van der Waals surface area contributed by atoms with E-state index in [4.69, 9.17) is 0 Å². The lowest BCUT2D eigenvalue weighted by Crippen LogP contribution is -2.41. The van der Waals surface area contributed by atoms with E-state index in [0.717, 1.165) is 12.3 Å². The molecule has 0 aliphatic heterocycles. The Balaban J connectivity index is 1.85. The van der Waals surface area contributed by atoms with Crippen LogP contribution in [0, 0.1) is 5.92 Å². The topological polar surface area (TPSA) is 12.0 Å². The molecule has 0 amide bonds. The lowest BCUT2D eigenvalue weighted by molar-refractivity contribution is 0.334. The van der Waals surface area contributed by atoms with Gasteiger partial charge in [0.05, 0.1) is 0 Å². The molecular weight excluding hydrogens is 218 g/mol. The predicted molar refractivity (Wildman–Crippen MR) is 78.8 cm³/mol. The molecule has 1 aromatic rings. The fraction of sp³-hybridized carbons (Fsp3) is 0.647. The van der Waals surface area contributed by atoms with Gasteiger partial charge in [-0.15, -0.1) is 0 Å². The van der Waals surface area contributed by atoms with E-state index in [-0.39, 0.29) is 0 Å². The lowest BCUT2D eigenvalue weighted by atomic mass is 9.96. The van der Waals surface area contributed by atoms with E-state index in [2.05, 4.69) is 49.5 Å². The van der Waals surface area contributed by atoms with Crippen molar-refractivity contribution in [2.45, 2.75) is 64.5 Å². The maximum Gasteiger partial charge on any atom is 0.0107 e. The van der Waals surface area contributed by atoms with Crippen LogP contribution in [0.4, 0.5) is 0 Å². The summed E-state index contributed by atoms with van der Waals surface area (Å²) >= 11 is 0. The van der Waals surface area contributed by atoms with Gasteiger partial charge < -0.3 is 5.32 Å². The molecule has 0 heterocycles. The third-order valence-electron chi connectivity index (χ3n) is 4.42. The van der Waals surface area contributed by atoms with Crippen LogP contribution in [0.15, 0.2) is 30.3 Å². The number of rotatable bonds is 6. The molecule has 0 spiro atoms. The van der Waals surface area contributed by atoms with E-state index >= 15 is 0 Å². The van der Waals surface area contributed by atoms with Crippen molar-refractivity contribution in [1.82, 2.24) is 5.32 Å². The first-order valence-corrected chi connectivity index (χ1v) is 7.59. The van der Waals surface area contributed by atoms with E-state index < -0.39 is 0 Å². The Morgan fingerprint density at radius 2 is 1.83 bits per heavy atom. The summed E-state index contributed by atoms with van der Waals surface area (Å²) in [4.78, 5) is 0. The molecule has 1 fully saturated rings. The Hall–Kier alpha value is -0.820. The molecule has 1 aromatic carbocycles. The molecule has 1 aliphatic rings. The average molecular weight is 245 g/mol. The van der Waals surface area contributed by atoms with Gasteiger partial charge in [0.25, 0.3) is 0 Å². The Morgan fingerprint density at radius 1 is 1.17 bits per heavy atom. The Bertz CT molecular complexity index is 327. The van der Waals surface area contributed by atoms with Gasteiger partial charge in [0.15, 0.2) is 0 Å². The first-order chi connectivity index (χ1) is 8.79. The summed E-state index contributed by atoms with van der Waals surface area (Å²) in [5.74, 6) is 0.912. The highest BCUT2D eigenvalue weighted by molar-refractivity contribution is 5.15. The van der Waals surface area contributed by atoms with Gasteiger partial charge in [0, 0.05) is 12.1 Å². The van der Waals surface area contributed by atoms with E-state index in [1.54, 1.807) is 0 Å². The summed E-state index contributed by atoms with van der Waals surface area (Å²) in [6.07, 6.45) is 8.10. The van der Waals surface area contributed by atoms with Crippen molar-refractivity contribution < 1.29 is 0 Å². The fourth-order valence-corrected chi connectivity index (χ4v) is 3.18. The van der Waals surface area contributed by atoms with E-state index in [1.807, 2.05) is 0 Å². The Morgan fingerprint density at radius 3 is 2.44 bits per heavy atom. The monoisotopic (exact) mass is 245 g/mol. The van der Waals surface area contributed by atoms with Crippen LogP contribution >= 0.6 is 0 Å². The fourth-order valence-electron chi connectivity index (χ4n) is 3.18. The smallest absolute Gasteiger partial charge is 0.0107 e. The maximum atomic E-state index is 3.86. The molecule has 1 aliphatic carbocycles. The first kappa shape index (κ1) is 13.6. The molecule has 2 rings (SSSR count). The molecule has 2 atom stereocenters. The molecule has 1 saturated carbocycles. The minimum Gasteiger partial charge on any atom is -0.311 e. The lowest BCUT2D eigenvalue weighted by Gasteiger charge is -2.26. The van der Waals surface area contributed by atoms with Gasteiger partial charge in [-0.2, -0.15) is 0 Å². The molecular formula is C17H27N. The molecule has 100 valence electrons. The van der Waals surface area contributed by atoms with E-state index in [9.17, 15) is 0 Å². The van der Waals surface area contributed by atoms with Crippen LogP contribution in [-0.2, 0) is 6.42 Å². The maximum absolute atomic E-state index is 3.86. The third kappa shape index (κ3) is 3.84. The zero-order valence-corrected chi connectivity index (χ0v) is 11.9. The van der Waals surface area contributed by atoms with E-state index in [0.29, 0.717) is 12.1 Å². The van der Waals surface area contributed by atoms with Gasteiger partial charge in [-0.3, -0.25) is 0 Å². The number of nitrogens with one attached hydrogen (secondary N) is 1. The van der Waals surface area contributed by atoms with Crippen molar-refractivity contribution in [3.8, 4) is 0 Å². The largest absolute Gasteiger partial charge is 0.311 e. The zero-order valence-electron chi connectivity index (χ0n) is 11.9. The average Bonchev–Trinajstić information content (AvgIpc) is 2.93. The zero-order chi connectivity index (χ0) is 12.8. The van der Waals surface area contributed by atoms with Gasteiger partial charge in [-0.25, -0.2) is 0 Å². The SMILES string of the molecule is CCC(Cc1ccccc1)N[C@H](C)C1CCCC1. The standard InChI is InChI=1S/C17H27N/c1-3-17(13-15-9-5-4-6-10-15)18-14(2)16-11-7-8-12-16/h4-6,9-10,14,16-18H,3,7-8,11-13H2,1-2H3/t14-,17?/m1/s1. The summed E-state index contributed by atoms with van der Waals surface area (Å²) < 4.78 is 0. The number of benzene rings is 1. The van der Waals surface area contributed by atoms with Crippen LogP contribution in [0.2, 0.25) is 0 Å². The van der Waals surface area contributed by atoms with Gasteiger partial charge in [-0.1, -0.05) is 50.1 Å². The van der Waals surface area contributed by atoms with Crippen molar-refractivity contribution in [2.24, 2.45) is 5.92 Å². The van der Waals surface area contributed by atoms with Gasteiger partial charge in [0.1, 0.15) is 0 Å². The van der Waals surface area contributed by atoms with Crippen molar-refractivity contribution >= 4 is 0 Å². The quantitative estimate of drug-likeness (QED) is 0.793. The van der Waals surface area contributed by atoms with Crippen LogP contribution in [-0.4, -0.2) is 12.1 Å². The van der Waals surface area contributed by atoms with Crippen LogP contribution in [0.3, 0.4) is 0 Å². The van der Waals surface area contributed by atoms with E-state index in [1.165, 1.54) is 37.7 Å². The molecule has 0 aromatic heterocycles. The highest BCUT2D eigenvalue weighted by atomic mass is 14.9. The molecule has 0 saturated heterocycles. The molecule has 1 heteroatoms. The van der Waals surface area contributed by atoms with Crippen LogP contribution in [0.25, 0.3) is 0 Å². The van der Waals surface area contributed by atoms with Crippen molar-refractivity contribution in [1.29, 1.82) is 0 Å². The van der Waals surface area contributed by atoms with Crippen LogP contribution in [0.1, 0.15) is 51.5 Å². The molecule has 0 bridgehead atoms. The minimum absolute atomic E-state index is 0.628. The highest BCUT2D eigenvalue weighted by Gasteiger charge is 2.23. The minimum atomic E-state index is 0.628. The highest BCUT2D eigenvalue weighted by Crippen LogP contribution is 2.28. The second-order valence-electron chi connectivity index (χ2n) is 5.79. The van der Waals surface area contributed by atoms with Crippen molar-refractivity contribution in [3.63, 3.8) is 0 Å². The van der Waals surface area contributed by atoms with Crippen LogP contribution in [0.5, 0.6) is 0 Å². The number of hydrogen-bond acceptors (Lipinski definition) is 1. The predicted octanol–water partition coefficient (Wildman–Crippen LogP) is 4.18. The van der Waals surface area contributed by atoms with Crippen LogP contribution < -0.4 is 5.32 Å². The molecule has 18 heavy (non-hydrogen) atoms. The summed E-state index contributed by atoms with van der Waals surface area (Å²) in [5, 5.41) is 3.86. The van der Waals surface area contributed by atoms with Gasteiger partial charge in [-0.05, 0) is 44.1 Å². The number of hydrogen-bond donors (Lipinski definition) is 1. The van der Waals surface area contributed by atoms with Gasteiger partial charge in [0.2, 0.25) is 0 Å². The summed E-state index contributed by atoms with van der Waals surface area (Å²) in [5.41, 5.74) is 1.45. The molecule has 0 radical (unpaired) electrons. The van der Waals surface area contributed by atoms with Gasteiger partial charge >= 0.3 is 0 Å². The molecule has 1 N–H and O–H groups in total. The summed E-state index contributed by atoms with van der Waals surface area (Å²) in [6.45, 7) is 4.67. The normalized spacial score (nSPS) is 19.9. The molecule has 1 unspecified atom stereocenters. The summed E-state index contributed by atoms with van der Waals surface area (Å²) in [6, 6.07) is 12.2. The Kier molecular flexibility index (Phi) is 5.25. The molecule has 1 nitrogen and oxygen atoms in total. The second-order valence-corrected chi connectivity index (χ2v) is 5.79. The third-order valence-corrected chi connectivity index (χ3v) is 4.42. The van der Waals surface area contributed by atoms with Crippen molar-refractivity contribution in [2.75, 3.05) is 0 Å². The first-order valence-electron chi connectivity index (χ1n) is 7.59. The second kappa shape index (κ2) is 6.94. The van der Waals surface area contributed by atoms with Crippen molar-refractivity contribution in [3.05, 3.63) is 35.9 Å². The summed E-state index contributed by atoms with van der Waals surface area (Å²) in [7, 11) is 0. The Labute approximate surface area is 112 Å².